The van der Waals surface area contributed by atoms with Crippen molar-refractivity contribution in [2.75, 3.05) is 5.32 Å². The lowest BCUT2D eigenvalue weighted by Crippen LogP contribution is -2.07. The van der Waals surface area contributed by atoms with Crippen LogP contribution in [-0.4, -0.2) is 11.1 Å². The maximum absolute atomic E-state index is 5.65. The molecular weight excluding hydrogens is 268 g/mol. The van der Waals surface area contributed by atoms with Crippen molar-refractivity contribution in [3.05, 3.63) is 39.8 Å². The quantitative estimate of drug-likeness (QED) is 0.865. The van der Waals surface area contributed by atoms with Gasteiger partial charge in [-0.3, -0.25) is 0 Å². The Morgan fingerprint density at radius 3 is 2.25 bits per heavy atom. The number of aromatic nitrogens is 1. The molecule has 0 aliphatic rings. The number of hydrogen-bond donors (Lipinski definition) is 1. The number of nitrogens with zero attached hydrogens (tertiary/aromatic N) is 1. The Bertz CT molecular complexity index is 560. The largest absolute Gasteiger partial charge is 0.491 e. The van der Waals surface area contributed by atoms with Crippen molar-refractivity contribution in [1.29, 1.82) is 0 Å². The smallest absolute Gasteiger partial charge is 0.119 e. The number of ether oxygens (including phenoxy) is 1. The Labute approximate surface area is 125 Å². The first kappa shape index (κ1) is 14.9. The first-order valence-electron chi connectivity index (χ1n) is 6.93. The predicted molar refractivity (Wildman–Crippen MR) is 85.8 cm³/mol. The van der Waals surface area contributed by atoms with Crippen LogP contribution in [-0.2, 0) is 0 Å². The fraction of sp³-hybridized carbons (Fsp3) is 0.438. The number of aryl methyl sites for hydroxylation is 2. The van der Waals surface area contributed by atoms with Gasteiger partial charge in [-0.15, -0.1) is 11.3 Å². The Morgan fingerprint density at radius 1 is 1.10 bits per heavy atom. The summed E-state index contributed by atoms with van der Waals surface area (Å²) in [6, 6.07) is 8.37. The molecule has 108 valence electrons. The zero-order valence-corrected chi connectivity index (χ0v) is 13.5. The highest BCUT2D eigenvalue weighted by Gasteiger charge is 2.12. The maximum atomic E-state index is 5.65. The third kappa shape index (κ3) is 3.73. The lowest BCUT2D eigenvalue weighted by atomic mass is 10.2. The number of benzene rings is 1. The van der Waals surface area contributed by atoms with E-state index >= 15 is 0 Å². The van der Waals surface area contributed by atoms with Crippen LogP contribution in [0, 0.1) is 13.8 Å². The van der Waals surface area contributed by atoms with Crippen LogP contribution in [0.2, 0.25) is 0 Å². The fourth-order valence-corrected chi connectivity index (χ4v) is 3.10. The topological polar surface area (TPSA) is 34.2 Å². The summed E-state index contributed by atoms with van der Waals surface area (Å²) < 4.78 is 5.65. The van der Waals surface area contributed by atoms with Gasteiger partial charge in [0.05, 0.1) is 22.8 Å². The van der Waals surface area contributed by atoms with Crippen molar-refractivity contribution in [3.8, 4) is 5.75 Å². The molecule has 4 heteroatoms. The van der Waals surface area contributed by atoms with Crippen LogP contribution in [0.1, 0.15) is 42.4 Å². The highest BCUT2D eigenvalue weighted by atomic mass is 32.1. The predicted octanol–water partition coefficient (Wildman–Crippen LogP) is 4.72. The average molecular weight is 290 g/mol. The van der Waals surface area contributed by atoms with Gasteiger partial charge in [0, 0.05) is 10.6 Å². The lowest BCUT2D eigenvalue weighted by Gasteiger charge is -2.15. The summed E-state index contributed by atoms with van der Waals surface area (Å²) >= 11 is 1.75. The molecule has 0 spiro atoms. The summed E-state index contributed by atoms with van der Waals surface area (Å²) in [6.45, 7) is 10.3. The van der Waals surface area contributed by atoms with E-state index in [9.17, 15) is 0 Å². The molecule has 1 aromatic carbocycles. The van der Waals surface area contributed by atoms with E-state index in [1.54, 1.807) is 11.3 Å². The molecule has 20 heavy (non-hydrogen) atoms. The molecule has 1 aromatic heterocycles. The molecule has 0 aliphatic heterocycles. The Hall–Kier alpha value is -1.55. The molecule has 1 unspecified atom stereocenters. The van der Waals surface area contributed by atoms with E-state index < -0.39 is 0 Å². The summed E-state index contributed by atoms with van der Waals surface area (Å²) in [4.78, 5) is 5.78. The second-order valence-electron chi connectivity index (χ2n) is 5.24. The molecule has 2 aromatic rings. The maximum Gasteiger partial charge on any atom is 0.119 e. The van der Waals surface area contributed by atoms with Gasteiger partial charge in [0.15, 0.2) is 0 Å². The standard InChI is InChI=1S/C16H22N2OS/c1-10(2)19-15-8-6-14(7-9-15)18-12(4)16-11(3)17-13(5)20-16/h6-10,12,18H,1-5H3. The van der Waals surface area contributed by atoms with Crippen molar-refractivity contribution in [1.82, 2.24) is 4.98 Å². The van der Waals surface area contributed by atoms with Crippen LogP contribution in [0.3, 0.4) is 0 Å². The van der Waals surface area contributed by atoms with E-state index in [0.717, 1.165) is 22.1 Å². The van der Waals surface area contributed by atoms with Crippen LogP contribution < -0.4 is 10.1 Å². The minimum absolute atomic E-state index is 0.204. The third-order valence-corrected chi connectivity index (χ3v) is 4.20. The molecule has 2 rings (SSSR count). The summed E-state index contributed by atoms with van der Waals surface area (Å²) in [6.07, 6.45) is 0.204. The van der Waals surface area contributed by atoms with Gasteiger partial charge in [-0.05, 0) is 58.9 Å². The van der Waals surface area contributed by atoms with Gasteiger partial charge in [-0.1, -0.05) is 0 Å². The summed E-state index contributed by atoms with van der Waals surface area (Å²) in [7, 11) is 0. The number of rotatable bonds is 5. The fourth-order valence-electron chi connectivity index (χ4n) is 2.17. The zero-order chi connectivity index (χ0) is 14.7. The van der Waals surface area contributed by atoms with Gasteiger partial charge in [0.2, 0.25) is 0 Å². The molecule has 1 atom stereocenters. The Kier molecular flexibility index (Phi) is 4.65. The highest BCUT2D eigenvalue weighted by Crippen LogP contribution is 2.28. The van der Waals surface area contributed by atoms with Gasteiger partial charge >= 0.3 is 0 Å². The average Bonchev–Trinajstić information content (AvgIpc) is 2.70. The van der Waals surface area contributed by atoms with Crippen molar-refractivity contribution >= 4 is 17.0 Å². The molecule has 0 bridgehead atoms. The molecule has 1 N–H and O–H groups in total. The van der Waals surface area contributed by atoms with Gasteiger partial charge in [-0.2, -0.15) is 0 Å². The van der Waals surface area contributed by atoms with E-state index in [0.29, 0.717) is 0 Å². The number of anilines is 1. The number of nitrogens with one attached hydrogen (secondary N) is 1. The first-order chi connectivity index (χ1) is 9.45. The molecule has 0 fully saturated rings. The minimum atomic E-state index is 0.204. The van der Waals surface area contributed by atoms with Gasteiger partial charge < -0.3 is 10.1 Å². The van der Waals surface area contributed by atoms with E-state index in [-0.39, 0.29) is 12.1 Å². The third-order valence-electron chi connectivity index (χ3n) is 2.94. The molecule has 0 amide bonds. The second-order valence-corrected chi connectivity index (χ2v) is 6.47. The zero-order valence-electron chi connectivity index (χ0n) is 12.7. The van der Waals surface area contributed by atoms with Gasteiger partial charge in [-0.25, -0.2) is 4.98 Å². The summed E-state index contributed by atoms with van der Waals surface area (Å²) in [5, 5.41) is 4.63. The molecule has 0 aliphatic carbocycles. The summed E-state index contributed by atoms with van der Waals surface area (Å²) in [5.74, 6) is 0.906. The van der Waals surface area contributed by atoms with E-state index in [2.05, 4.69) is 36.3 Å². The molecule has 1 heterocycles. The Balaban J connectivity index is 2.04. The van der Waals surface area contributed by atoms with Crippen LogP contribution in [0.25, 0.3) is 0 Å². The number of hydrogen-bond acceptors (Lipinski definition) is 4. The van der Waals surface area contributed by atoms with Crippen molar-refractivity contribution in [2.45, 2.75) is 46.8 Å². The summed E-state index contributed by atoms with van der Waals surface area (Å²) in [5.41, 5.74) is 2.21. The monoisotopic (exact) mass is 290 g/mol. The minimum Gasteiger partial charge on any atom is -0.491 e. The van der Waals surface area contributed by atoms with Crippen molar-refractivity contribution < 1.29 is 4.74 Å². The first-order valence-corrected chi connectivity index (χ1v) is 7.74. The molecule has 3 nitrogen and oxygen atoms in total. The Morgan fingerprint density at radius 2 is 1.75 bits per heavy atom. The van der Waals surface area contributed by atoms with Crippen LogP contribution in [0.15, 0.2) is 24.3 Å². The number of thiazole rings is 1. The molecule has 0 saturated heterocycles. The van der Waals surface area contributed by atoms with Crippen molar-refractivity contribution in [2.24, 2.45) is 0 Å². The van der Waals surface area contributed by atoms with Crippen LogP contribution in [0.5, 0.6) is 5.75 Å². The normalized spacial score (nSPS) is 12.5. The van der Waals surface area contributed by atoms with Gasteiger partial charge in [0.1, 0.15) is 5.75 Å². The van der Waals surface area contributed by atoms with Crippen LogP contribution >= 0.6 is 11.3 Å². The lowest BCUT2D eigenvalue weighted by molar-refractivity contribution is 0.242. The van der Waals surface area contributed by atoms with E-state index in [1.807, 2.05) is 32.9 Å². The van der Waals surface area contributed by atoms with E-state index in [1.165, 1.54) is 4.88 Å². The molecule has 0 radical (unpaired) electrons. The second kappa shape index (κ2) is 6.27. The molecular formula is C16H22N2OS. The SMILES string of the molecule is Cc1nc(C)c(C(C)Nc2ccc(OC(C)C)cc2)s1. The molecule has 0 saturated carbocycles. The van der Waals surface area contributed by atoms with E-state index in [4.69, 9.17) is 4.74 Å². The van der Waals surface area contributed by atoms with Gasteiger partial charge in [0.25, 0.3) is 0 Å². The highest BCUT2D eigenvalue weighted by molar-refractivity contribution is 7.11. The van der Waals surface area contributed by atoms with Crippen LogP contribution in [0.4, 0.5) is 5.69 Å². The van der Waals surface area contributed by atoms with Crippen molar-refractivity contribution in [3.63, 3.8) is 0 Å².